The maximum Gasteiger partial charge on any atom is 0.243 e. The minimum atomic E-state index is -0.449. The molecule has 0 aliphatic carbocycles. The number of anilines is 1. The molecular weight excluding hydrogens is 478 g/mol. The minimum Gasteiger partial charge on any atom is -0.494 e. The number of amides is 2. The second kappa shape index (κ2) is 12.0. The average molecular weight is 506 g/mol. The van der Waals surface area contributed by atoms with Crippen LogP contribution in [0.3, 0.4) is 0 Å². The predicted octanol–water partition coefficient (Wildman–Crippen LogP) is 3.96. The van der Waals surface area contributed by atoms with Crippen LogP contribution in [0.25, 0.3) is 0 Å². The number of ether oxygens (including phenoxy) is 1. The number of oxazole rings is 1. The highest BCUT2D eigenvalue weighted by Gasteiger charge is 2.19. The van der Waals surface area contributed by atoms with Gasteiger partial charge in [-0.3, -0.25) is 14.8 Å². The molecule has 0 saturated carbocycles. The molecule has 0 radical (unpaired) electrons. The van der Waals surface area contributed by atoms with Crippen LogP contribution in [-0.4, -0.2) is 38.8 Å². The number of carbonyl (C=O) groups is 2. The Hall–Kier alpha value is -2.96. The smallest absolute Gasteiger partial charge is 0.243 e. The lowest BCUT2D eigenvalue weighted by atomic mass is 9.94. The van der Waals surface area contributed by atoms with Crippen molar-refractivity contribution >= 4 is 40.0 Å². The Morgan fingerprint density at radius 2 is 1.94 bits per heavy atom. The van der Waals surface area contributed by atoms with Gasteiger partial charge >= 0.3 is 0 Å². The maximum absolute atomic E-state index is 12.4. The van der Waals surface area contributed by atoms with E-state index in [2.05, 4.69) is 41.3 Å². The normalized spacial score (nSPS) is 11.3. The van der Waals surface area contributed by atoms with Gasteiger partial charge < -0.3 is 14.5 Å². The van der Waals surface area contributed by atoms with Gasteiger partial charge in [-0.05, 0) is 24.1 Å². The molecule has 0 unspecified atom stereocenters. The Morgan fingerprint density at radius 3 is 2.62 bits per heavy atom. The van der Waals surface area contributed by atoms with E-state index in [0.717, 1.165) is 11.3 Å². The van der Waals surface area contributed by atoms with Crippen LogP contribution in [0.5, 0.6) is 5.75 Å². The van der Waals surface area contributed by atoms with E-state index < -0.39 is 5.91 Å². The van der Waals surface area contributed by atoms with Crippen molar-refractivity contribution in [2.45, 2.75) is 55.5 Å². The molecule has 0 aliphatic rings. The van der Waals surface area contributed by atoms with Gasteiger partial charge in [0.15, 0.2) is 4.34 Å². The molecule has 0 fully saturated rings. The fraction of sp³-hybridized carbons (Fsp3) is 0.409. The predicted molar refractivity (Wildman–Crippen MR) is 128 cm³/mol. The van der Waals surface area contributed by atoms with Crippen LogP contribution >= 0.6 is 23.1 Å². The number of benzene rings is 1. The zero-order chi connectivity index (χ0) is 24.6. The zero-order valence-corrected chi connectivity index (χ0v) is 20.8. The monoisotopic (exact) mass is 505 g/mol. The summed E-state index contributed by atoms with van der Waals surface area (Å²) in [5.74, 6) is 1.98. The molecule has 3 rings (SSSR count). The summed E-state index contributed by atoms with van der Waals surface area (Å²) in [6.07, 6.45) is 2.59. The van der Waals surface area contributed by atoms with E-state index >= 15 is 0 Å². The van der Waals surface area contributed by atoms with Gasteiger partial charge in [0.2, 0.25) is 22.8 Å². The van der Waals surface area contributed by atoms with E-state index in [9.17, 15) is 9.59 Å². The number of nitrogens with zero attached hydrogens (tertiary/aromatic N) is 3. The van der Waals surface area contributed by atoms with Crippen molar-refractivity contribution in [3.63, 3.8) is 0 Å². The molecule has 0 saturated heterocycles. The summed E-state index contributed by atoms with van der Waals surface area (Å²) in [7, 11) is 0. The topological polar surface area (TPSA) is 139 Å². The molecule has 182 valence electrons. The van der Waals surface area contributed by atoms with Crippen molar-refractivity contribution in [3.8, 4) is 5.75 Å². The Morgan fingerprint density at radius 1 is 1.18 bits per heavy atom. The SMILES string of the molecule is CC(C)(C)c1cnc(CSc2nnc(NC(=O)Cc3ccc(OCCCC(=O)NO)cc3)s2)o1. The van der Waals surface area contributed by atoms with Crippen LogP contribution in [0.15, 0.2) is 39.2 Å². The van der Waals surface area contributed by atoms with Crippen LogP contribution in [0, 0.1) is 0 Å². The summed E-state index contributed by atoms with van der Waals surface area (Å²) in [6.45, 7) is 6.55. The third kappa shape index (κ3) is 8.12. The highest BCUT2D eigenvalue weighted by atomic mass is 32.2. The van der Waals surface area contributed by atoms with E-state index in [4.69, 9.17) is 14.4 Å². The van der Waals surface area contributed by atoms with E-state index in [-0.39, 0.29) is 24.2 Å². The average Bonchev–Trinajstić information content (AvgIpc) is 3.45. The van der Waals surface area contributed by atoms with Gasteiger partial charge in [0.1, 0.15) is 11.5 Å². The third-order valence-corrected chi connectivity index (χ3v) is 6.45. The number of hydroxylamine groups is 1. The van der Waals surface area contributed by atoms with Crippen LogP contribution in [0.2, 0.25) is 0 Å². The summed E-state index contributed by atoms with van der Waals surface area (Å²) >= 11 is 2.75. The summed E-state index contributed by atoms with van der Waals surface area (Å²) in [6, 6.07) is 7.14. The van der Waals surface area contributed by atoms with Crippen LogP contribution in [0.4, 0.5) is 5.13 Å². The van der Waals surface area contributed by atoms with Crippen LogP contribution in [0.1, 0.15) is 50.8 Å². The summed E-state index contributed by atoms with van der Waals surface area (Å²) in [5, 5.41) is 19.8. The van der Waals surface area contributed by atoms with Crippen molar-refractivity contribution < 1.29 is 24.0 Å². The molecule has 0 atom stereocenters. The van der Waals surface area contributed by atoms with Crippen molar-refractivity contribution in [1.29, 1.82) is 0 Å². The largest absolute Gasteiger partial charge is 0.494 e. The van der Waals surface area contributed by atoms with Crippen LogP contribution < -0.4 is 15.5 Å². The second-order valence-corrected chi connectivity index (χ2v) is 10.6. The first-order chi connectivity index (χ1) is 16.2. The number of thioether (sulfide) groups is 1. The molecule has 3 N–H and O–H groups in total. The lowest BCUT2D eigenvalue weighted by Gasteiger charge is -2.12. The number of rotatable bonds is 11. The minimum absolute atomic E-state index is 0.0936. The molecule has 2 heterocycles. The number of aromatic nitrogens is 3. The molecule has 0 bridgehead atoms. The zero-order valence-electron chi connectivity index (χ0n) is 19.2. The molecule has 12 heteroatoms. The van der Waals surface area contributed by atoms with E-state index in [0.29, 0.717) is 39.9 Å². The van der Waals surface area contributed by atoms with Crippen molar-refractivity contribution in [2.24, 2.45) is 0 Å². The number of hydrogen-bond donors (Lipinski definition) is 3. The van der Waals surface area contributed by atoms with Gasteiger partial charge in [0.25, 0.3) is 0 Å². The summed E-state index contributed by atoms with van der Waals surface area (Å²) in [4.78, 5) is 27.6. The number of carbonyl (C=O) groups excluding carboxylic acids is 2. The molecule has 0 spiro atoms. The van der Waals surface area contributed by atoms with Gasteiger partial charge in [-0.1, -0.05) is 56.0 Å². The quantitative estimate of drug-likeness (QED) is 0.116. The van der Waals surface area contributed by atoms with Gasteiger partial charge in [0.05, 0.1) is 25.0 Å². The van der Waals surface area contributed by atoms with E-state index in [1.807, 2.05) is 0 Å². The maximum atomic E-state index is 12.4. The molecular formula is C22H27N5O5S2. The highest BCUT2D eigenvalue weighted by molar-refractivity contribution is 8.00. The third-order valence-electron chi connectivity index (χ3n) is 4.49. The Kier molecular flexibility index (Phi) is 9.02. The van der Waals surface area contributed by atoms with Crippen molar-refractivity contribution in [3.05, 3.63) is 47.7 Å². The molecule has 2 amide bonds. The fourth-order valence-electron chi connectivity index (χ4n) is 2.70. The van der Waals surface area contributed by atoms with E-state index in [1.54, 1.807) is 35.9 Å². The lowest BCUT2D eigenvalue weighted by molar-refractivity contribution is -0.129. The molecule has 34 heavy (non-hydrogen) atoms. The number of hydrogen-bond acceptors (Lipinski definition) is 10. The highest BCUT2D eigenvalue weighted by Crippen LogP contribution is 2.30. The fourth-order valence-corrected chi connectivity index (χ4v) is 4.32. The molecule has 0 aliphatic heterocycles. The molecule has 1 aromatic carbocycles. The molecule has 2 aromatic heterocycles. The van der Waals surface area contributed by atoms with Gasteiger partial charge in [-0.15, -0.1) is 10.2 Å². The summed E-state index contributed by atoms with van der Waals surface area (Å²) in [5.41, 5.74) is 2.31. The Labute approximate surface area is 205 Å². The summed E-state index contributed by atoms with van der Waals surface area (Å²) < 4.78 is 12.0. The standard InChI is InChI=1S/C22H27N5O5S2/c1-22(2,3)16-12-23-19(32-16)13-33-21-26-25-20(34-21)24-18(29)11-14-6-8-15(9-7-14)31-10-4-5-17(28)27-30/h6-9,12,30H,4-5,10-11,13H2,1-3H3,(H,27,28)(H,24,25,29). The lowest BCUT2D eigenvalue weighted by Crippen LogP contribution is -2.18. The second-order valence-electron chi connectivity index (χ2n) is 8.39. The van der Waals surface area contributed by atoms with Gasteiger partial charge in [0, 0.05) is 11.8 Å². The van der Waals surface area contributed by atoms with Crippen LogP contribution in [-0.2, 0) is 27.2 Å². The van der Waals surface area contributed by atoms with E-state index in [1.165, 1.54) is 23.1 Å². The first-order valence-electron chi connectivity index (χ1n) is 10.6. The Balaban J connectivity index is 1.41. The van der Waals surface area contributed by atoms with Crippen molar-refractivity contribution in [1.82, 2.24) is 20.7 Å². The molecule has 10 nitrogen and oxygen atoms in total. The van der Waals surface area contributed by atoms with Crippen molar-refractivity contribution in [2.75, 3.05) is 11.9 Å². The first-order valence-corrected chi connectivity index (χ1v) is 12.4. The Bertz CT molecular complexity index is 1090. The van der Waals surface area contributed by atoms with Gasteiger partial charge in [-0.25, -0.2) is 10.5 Å². The molecule has 3 aromatic rings. The first kappa shape index (κ1) is 25.7. The van der Waals surface area contributed by atoms with Gasteiger partial charge in [-0.2, -0.15) is 0 Å². The number of nitrogens with one attached hydrogen (secondary N) is 2.